The highest BCUT2D eigenvalue weighted by molar-refractivity contribution is 5.88. The van der Waals surface area contributed by atoms with Gasteiger partial charge < -0.3 is 5.11 Å². The van der Waals surface area contributed by atoms with Crippen molar-refractivity contribution in [3.63, 3.8) is 0 Å². The lowest BCUT2D eigenvalue weighted by molar-refractivity contribution is 0.0690. The molecule has 0 radical (unpaired) electrons. The number of nitriles is 1. The minimum atomic E-state index is -1.17. The summed E-state index contributed by atoms with van der Waals surface area (Å²) in [5, 5.41) is 18.1. The highest BCUT2D eigenvalue weighted by atomic mass is 19.1. The fourth-order valence-electron chi connectivity index (χ4n) is 1.78. The van der Waals surface area contributed by atoms with Crippen molar-refractivity contribution in [2.24, 2.45) is 0 Å². The molecule has 1 N–H and O–H groups in total. The van der Waals surface area contributed by atoms with E-state index in [1.807, 2.05) is 6.07 Å². The van der Waals surface area contributed by atoms with Crippen molar-refractivity contribution in [3.05, 3.63) is 53.1 Å². The maximum absolute atomic E-state index is 12.9. The third kappa shape index (κ3) is 2.43. The molecule has 0 saturated carbocycles. The topological polar surface area (TPSA) is 74.0 Å². The summed E-state index contributed by atoms with van der Waals surface area (Å²) in [6.45, 7) is 1.57. The predicted octanol–water partition coefficient (Wildman–Crippen LogP) is 2.77. The molecule has 0 amide bonds. The summed E-state index contributed by atoms with van der Waals surface area (Å²) in [5.41, 5.74) is 1.49. The summed E-state index contributed by atoms with van der Waals surface area (Å²) < 4.78 is 12.9. The molecule has 0 bridgehead atoms. The number of rotatable bonds is 2. The molecule has 94 valence electrons. The summed E-state index contributed by atoms with van der Waals surface area (Å²) >= 11 is 0. The van der Waals surface area contributed by atoms with E-state index in [2.05, 4.69) is 4.98 Å². The Morgan fingerprint density at radius 3 is 2.53 bits per heavy atom. The summed E-state index contributed by atoms with van der Waals surface area (Å²) in [7, 11) is 0. The van der Waals surface area contributed by atoms with E-state index in [4.69, 9.17) is 10.4 Å². The van der Waals surface area contributed by atoms with Gasteiger partial charge in [-0.1, -0.05) is 12.1 Å². The van der Waals surface area contributed by atoms with E-state index < -0.39 is 11.8 Å². The Labute approximate surface area is 108 Å². The first kappa shape index (κ1) is 12.7. The fourth-order valence-corrected chi connectivity index (χ4v) is 1.78. The Balaban J connectivity index is 2.70. The average Bonchev–Trinajstić information content (AvgIpc) is 2.38. The first-order chi connectivity index (χ1) is 9.02. The van der Waals surface area contributed by atoms with Gasteiger partial charge in [0.2, 0.25) is 0 Å². The first-order valence-electron chi connectivity index (χ1n) is 5.44. The van der Waals surface area contributed by atoms with Crippen LogP contribution in [-0.2, 0) is 0 Å². The Bertz CT molecular complexity index is 688. The molecule has 0 unspecified atom stereocenters. The molecule has 5 heteroatoms. The zero-order valence-corrected chi connectivity index (χ0v) is 10.0. The molecule has 1 aromatic heterocycles. The Morgan fingerprint density at radius 1 is 1.37 bits per heavy atom. The van der Waals surface area contributed by atoms with Gasteiger partial charge in [-0.2, -0.15) is 5.26 Å². The standard InChI is InChI=1S/C14H9FN2O2/c1-8-12(7-16)11(6-13(17-8)14(18)19)9-2-4-10(15)5-3-9/h2-6H,1H3,(H,18,19). The van der Waals surface area contributed by atoms with E-state index in [1.54, 1.807) is 6.92 Å². The van der Waals surface area contributed by atoms with Crippen molar-refractivity contribution in [2.75, 3.05) is 0 Å². The molecule has 0 aliphatic heterocycles. The molecule has 0 fully saturated rings. The molecular weight excluding hydrogens is 247 g/mol. The van der Waals surface area contributed by atoms with Gasteiger partial charge in [-0.25, -0.2) is 14.2 Å². The second-order valence-electron chi connectivity index (χ2n) is 3.94. The van der Waals surface area contributed by atoms with Crippen molar-refractivity contribution in [1.29, 1.82) is 5.26 Å². The molecule has 0 aliphatic carbocycles. The zero-order valence-electron chi connectivity index (χ0n) is 10.0. The third-order valence-electron chi connectivity index (χ3n) is 2.69. The van der Waals surface area contributed by atoms with Crippen LogP contribution >= 0.6 is 0 Å². The second kappa shape index (κ2) is 4.86. The number of aromatic nitrogens is 1. The Kier molecular flexibility index (Phi) is 3.25. The summed E-state index contributed by atoms with van der Waals surface area (Å²) in [6, 6.07) is 8.82. The van der Waals surface area contributed by atoms with Gasteiger partial charge in [0.1, 0.15) is 17.6 Å². The fraction of sp³-hybridized carbons (Fsp3) is 0.0714. The number of carboxylic acid groups (broad SMARTS) is 1. The normalized spacial score (nSPS) is 9.95. The molecule has 2 aromatic rings. The van der Waals surface area contributed by atoms with Crippen molar-refractivity contribution in [2.45, 2.75) is 6.92 Å². The summed E-state index contributed by atoms with van der Waals surface area (Å²) in [4.78, 5) is 14.8. The largest absolute Gasteiger partial charge is 0.477 e. The average molecular weight is 256 g/mol. The number of carboxylic acids is 1. The molecule has 0 saturated heterocycles. The van der Waals surface area contributed by atoms with Crippen LogP contribution < -0.4 is 0 Å². The highest BCUT2D eigenvalue weighted by Gasteiger charge is 2.14. The Morgan fingerprint density at radius 2 is 2.00 bits per heavy atom. The molecule has 0 atom stereocenters. The molecule has 4 nitrogen and oxygen atoms in total. The zero-order chi connectivity index (χ0) is 14.0. The SMILES string of the molecule is Cc1nc(C(=O)O)cc(-c2ccc(F)cc2)c1C#N. The number of hydrogen-bond acceptors (Lipinski definition) is 3. The van der Waals surface area contributed by atoms with Gasteiger partial charge in [-0.05, 0) is 30.7 Å². The van der Waals surface area contributed by atoms with Crippen molar-refractivity contribution < 1.29 is 14.3 Å². The van der Waals surface area contributed by atoms with E-state index in [-0.39, 0.29) is 11.3 Å². The maximum atomic E-state index is 12.9. The van der Waals surface area contributed by atoms with E-state index in [0.29, 0.717) is 16.8 Å². The van der Waals surface area contributed by atoms with E-state index in [0.717, 1.165) is 0 Å². The van der Waals surface area contributed by atoms with Gasteiger partial charge in [0.05, 0.1) is 11.3 Å². The number of halogens is 1. The molecule has 1 aromatic carbocycles. The minimum Gasteiger partial charge on any atom is -0.477 e. The van der Waals surface area contributed by atoms with Crippen molar-refractivity contribution in [3.8, 4) is 17.2 Å². The Hall–Kier alpha value is -2.74. The van der Waals surface area contributed by atoms with Gasteiger partial charge in [0, 0.05) is 5.56 Å². The maximum Gasteiger partial charge on any atom is 0.354 e. The van der Waals surface area contributed by atoms with Gasteiger partial charge in [0.15, 0.2) is 0 Å². The number of carbonyl (C=O) groups is 1. The van der Waals surface area contributed by atoms with Crippen LogP contribution in [0.2, 0.25) is 0 Å². The summed E-state index contributed by atoms with van der Waals surface area (Å²) in [5.74, 6) is -1.57. The third-order valence-corrected chi connectivity index (χ3v) is 2.69. The molecule has 1 heterocycles. The number of hydrogen-bond donors (Lipinski definition) is 1. The van der Waals surface area contributed by atoms with Crippen LogP contribution in [0.25, 0.3) is 11.1 Å². The van der Waals surface area contributed by atoms with Gasteiger partial charge >= 0.3 is 5.97 Å². The first-order valence-corrected chi connectivity index (χ1v) is 5.44. The van der Waals surface area contributed by atoms with Crippen molar-refractivity contribution >= 4 is 5.97 Å². The predicted molar refractivity (Wildman–Crippen MR) is 66.0 cm³/mol. The molecular formula is C14H9FN2O2. The van der Waals surface area contributed by atoms with Crippen LogP contribution in [0, 0.1) is 24.1 Å². The number of aryl methyl sites for hydroxylation is 1. The van der Waals surface area contributed by atoms with Crippen LogP contribution in [0.3, 0.4) is 0 Å². The van der Waals surface area contributed by atoms with Crippen molar-refractivity contribution in [1.82, 2.24) is 4.98 Å². The molecule has 2 rings (SSSR count). The van der Waals surface area contributed by atoms with E-state index in [1.165, 1.54) is 30.3 Å². The van der Waals surface area contributed by atoms with Gasteiger partial charge in [-0.15, -0.1) is 0 Å². The lowest BCUT2D eigenvalue weighted by Gasteiger charge is -2.08. The van der Waals surface area contributed by atoms with E-state index in [9.17, 15) is 9.18 Å². The van der Waals surface area contributed by atoms with Crippen LogP contribution in [-0.4, -0.2) is 16.1 Å². The molecule has 0 spiro atoms. The van der Waals surface area contributed by atoms with Gasteiger partial charge in [-0.3, -0.25) is 0 Å². The number of aromatic carboxylic acids is 1. The second-order valence-corrected chi connectivity index (χ2v) is 3.94. The van der Waals surface area contributed by atoms with Crippen LogP contribution in [0.15, 0.2) is 30.3 Å². The van der Waals surface area contributed by atoms with Gasteiger partial charge in [0.25, 0.3) is 0 Å². The summed E-state index contributed by atoms with van der Waals surface area (Å²) in [6.07, 6.45) is 0. The van der Waals surface area contributed by atoms with Crippen LogP contribution in [0.4, 0.5) is 4.39 Å². The minimum absolute atomic E-state index is 0.143. The lowest BCUT2D eigenvalue weighted by atomic mass is 9.99. The number of benzene rings is 1. The lowest BCUT2D eigenvalue weighted by Crippen LogP contribution is -2.04. The molecule has 19 heavy (non-hydrogen) atoms. The smallest absolute Gasteiger partial charge is 0.354 e. The number of pyridine rings is 1. The highest BCUT2D eigenvalue weighted by Crippen LogP contribution is 2.26. The van der Waals surface area contributed by atoms with E-state index >= 15 is 0 Å². The quantitative estimate of drug-likeness (QED) is 0.896. The molecule has 0 aliphatic rings. The monoisotopic (exact) mass is 256 g/mol. The van der Waals surface area contributed by atoms with Crippen LogP contribution in [0.5, 0.6) is 0 Å². The van der Waals surface area contributed by atoms with Crippen LogP contribution in [0.1, 0.15) is 21.7 Å². The number of nitrogens with zero attached hydrogens (tertiary/aromatic N) is 2.